The van der Waals surface area contributed by atoms with Crippen LogP contribution in [0.5, 0.6) is 0 Å². The number of unbranched alkanes of at least 4 members (excludes halogenated alkanes) is 1. The summed E-state index contributed by atoms with van der Waals surface area (Å²) in [7, 11) is 0. The lowest BCUT2D eigenvalue weighted by Crippen LogP contribution is -2.47. The topological polar surface area (TPSA) is 66.0 Å². The third kappa shape index (κ3) is 6.08. The van der Waals surface area contributed by atoms with Gasteiger partial charge in [-0.2, -0.15) is 13.2 Å². The fourth-order valence-corrected chi connectivity index (χ4v) is 3.42. The quantitative estimate of drug-likeness (QED) is 0.184. The number of carbonyl (C=O) groups is 1. The Bertz CT molecular complexity index is 1190. The Labute approximate surface area is 197 Å². The lowest BCUT2D eigenvalue weighted by molar-refractivity contribution is -0.137. The first-order valence-corrected chi connectivity index (χ1v) is 10.7. The van der Waals surface area contributed by atoms with Crippen LogP contribution in [0.2, 0.25) is 5.02 Å². The number of hydrazine groups is 1. The Morgan fingerprint density at radius 3 is 2.45 bits per heavy atom. The van der Waals surface area contributed by atoms with Crippen LogP contribution in [0.25, 0.3) is 22.2 Å². The van der Waals surface area contributed by atoms with Gasteiger partial charge in [0.2, 0.25) is 0 Å². The summed E-state index contributed by atoms with van der Waals surface area (Å²) in [6.07, 6.45) is -2.87. The second-order valence-corrected chi connectivity index (χ2v) is 7.92. The Morgan fingerprint density at radius 2 is 1.82 bits per heavy atom. The lowest BCUT2D eigenvalue weighted by Gasteiger charge is -2.15. The minimum atomic E-state index is -4.68. The molecule has 1 heterocycles. The molecule has 1 amide bonds. The maximum Gasteiger partial charge on any atom is 0.416 e. The van der Waals surface area contributed by atoms with Crippen molar-refractivity contribution < 1.29 is 22.4 Å². The van der Waals surface area contributed by atoms with Crippen LogP contribution < -0.4 is 16.2 Å². The van der Waals surface area contributed by atoms with Crippen molar-refractivity contribution >= 4 is 45.7 Å². The van der Waals surface area contributed by atoms with Gasteiger partial charge in [-0.25, -0.2) is 9.37 Å². The highest BCUT2D eigenvalue weighted by Gasteiger charge is 2.32. The van der Waals surface area contributed by atoms with Gasteiger partial charge in [0.1, 0.15) is 5.82 Å². The van der Waals surface area contributed by atoms with Crippen molar-refractivity contribution in [1.82, 2.24) is 21.2 Å². The van der Waals surface area contributed by atoms with E-state index in [9.17, 15) is 22.4 Å². The highest BCUT2D eigenvalue weighted by Crippen LogP contribution is 2.37. The summed E-state index contributed by atoms with van der Waals surface area (Å²) in [4.78, 5) is 17.3. The normalized spacial score (nSPS) is 11.3. The van der Waals surface area contributed by atoms with Gasteiger partial charge < -0.3 is 5.32 Å². The Morgan fingerprint density at radius 1 is 1.12 bits per heavy atom. The monoisotopic (exact) mass is 498 g/mol. The first-order valence-electron chi connectivity index (χ1n) is 9.91. The second kappa shape index (κ2) is 10.3. The Kier molecular flexibility index (Phi) is 7.70. The van der Waals surface area contributed by atoms with Crippen LogP contribution in [-0.2, 0) is 6.18 Å². The predicted octanol–water partition coefficient (Wildman–Crippen LogP) is 5.62. The molecular formula is C22H19ClF4N4OS. The molecular weight excluding hydrogens is 480 g/mol. The molecule has 33 heavy (non-hydrogen) atoms. The van der Waals surface area contributed by atoms with Crippen LogP contribution in [0.15, 0.2) is 42.5 Å². The highest BCUT2D eigenvalue weighted by atomic mass is 35.5. The molecule has 174 valence electrons. The highest BCUT2D eigenvalue weighted by molar-refractivity contribution is 7.80. The van der Waals surface area contributed by atoms with Gasteiger partial charge in [-0.05, 0) is 61.1 Å². The zero-order valence-electron chi connectivity index (χ0n) is 17.3. The molecule has 0 bridgehead atoms. The number of hydrogen-bond acceptors (Lipinski definition) is 3. The summed E-state index contributed by atoms with van der Waals surface area (Å²) in [6.45, 7) is 2.60. The van der Waals surface area contributed by atoms with E-state index in [4.69, 9.17) is 23.8 Å². The van der Waals surface area contributed by atoms with Crippen LogP contribution in [-0.4, -0.2) is 22.5 Å². The third-order valence-electron chi connectivity index (χ3n) is 4.68. The average molecular weight is 499 g/mol. The van der Waals surface area contributed by atoms with Crippen LogP contribution in [0, 0.1) is 5.82 Å². The van der Waals surface area contributed by atoms with E-state index < -0.39 is 23.5 Å². The number of alkyl halides is 3. The van der Waals surface area contributed by atoms with Crippen molar-refractivity contribution in [3.63, 3.8) is 0 Å². The molecule has 3 aromatic rings. The molecule has 0 aliphatic heterocycles. The first kappa shape index (κ1) is 24.7. The van der Waals surface area contributed by atoms with E-state index in [2.05, 4.69) is 21.2 Å². The average Bonchev–Trinajstić information content (AvgIpc) is 2.77. The van der Waals surface area contributed by atoms with Gasteiger partial charge in [0, 0.05) is 17.5 Å². The number of nitrogens with one attached hydrogen (secondary N) is 3. The Balaban J connectivity index is 2.05. The molecule has 1 aromatic heterocycles. The number of halogens is 5. The van der Waals surface area contributed by atoms with Crippen molar-refractivity contribution in [3.8, 4) is 11.3 Å². The van der Waals surface area contributed by atoms with E-state index >= 15 is 0 Å². The van der Waals surface area contributed by atoms with E-state index in [1.54, 1.807) is 0 Å². The minimum Gasteiger partial charge on any atom is -0.361 e. The molecule has 5 nitrogen and oxygen atoms in total. The van der Waals surface area contributed by atoms with Gasteiger partial charge in [-0.15, -0.1) is 0 Å². The fraction of sp³-hybridized carbons (Fsp3) is 0.227. The largest absolute Gasteiger partial charge is 0.416 e. The van der Waals surface area contributed by atoms with E-state index in [0.29, 0.717) is 12.1 Å². The standard InChI is InChI=1S/C22H19ClF4N4OS/c1-2-3-8-28-21(33)31-30-20(32)16-11-18(12-4-6-14(24)7-5-12)29-19-15(16)9-13(10-17(19)23)22(25,26)27/h4-7,9-11H,2-3,8H2,1H3,(H,30,32)(H2,28,31,33). The van der Waals surface area contributed by atoms with E-state index in [-0.39, 0.29) is 32.3 Å². The van der Waals surface area contributed by atoms with Crippen LogP contribution in [0.1, 0.15) is 35.7 Å². The zero-order valence-corrected chi connectivity index (χ0v) is 18.9. The van der Waals surface area contributed by atoms with Crippen LogP contribution in [0.3, 0.4) is 0 Å². The van der Waals surface area contributed by atoms with Gasteiger partial charge >= 0.3 is 6.18 Å². The molecule has 3 N–H and O–H groups in total. The summed E-state index contributed by atoms with van der Waals surface area (Å²) in [5.41, 5.74) is 4.46. The molecule has 0 unspecified atom stereocenters. The summed E-state index contributed by atoms with van der Waals surface area (Å²) < 4.78 is 53.4. The third-order valence-corrected chi connectivity index (χ3v) is 5.22. The number of pyridine rings is 1. The molecule has 0 atom stereocenters. The molecule has 0 saturated heterocycles. The number of thiocarbonyl (C=S) groups is 1. The number of amides is 1. The maximum atomic E-state index is 13.4. The van der Waals surface area contributed by atoms with E-state index in [0.717, 1.165) is 25.0 Å². The van der Waals surface area contributed by atoms with E-state index in [1.807, 2.05) is 6.92 Å². The van der Waals surface area contributed by atoms with Crippen molar-refractivity contribution in [2.45, 2.75) is 25.9 Å². The number of rotatable bonds is 5. The Hall–Kier alpha value is -2.98. The smallest absolute Gasteiger partial charge is 0.361 e. The van der Waals surface area contributed by atoms with Crippen molar-refractivity contribution in [3.05, 3.63) is 64.4 Å². The molecule has 0 aliphatic carbocycles. The number of aromatic nitrogens is 1. The molecule has 3 rings (SSSR count). The number of carbonyl (C=O) groups excluding carboxylic acids is 1. The van der Waals surface area contributed by atoms with Gasteiger partial charge in [0.05, 0.1) is 27.4 Å². The predicted molar refractivity (Wildman–Crippen MR) is 123 cm³/mol. The SMILES string of the molecule is CCCCNC(=S)NNC(=O)c1cc(-c2ccc(F)cc2)nc2c(Cl)cc(C(F)(F)F)cc12. The van der Waals surface area contributed by atoms with Crippen LogP contribution in [0.4, 0.5) is 17.6 Å². The molecule has 2 aromatic carbocycles. The number of hydrogen-bond donors (Lipinski definition) is 3. The van der Waals surface area contributed by atoms with Crippen molar-refractivity contribution in [1.29, 1.82) is 0 Å². The van der Waals surface area contributed by atoms with Crippen LogP contribution >= 0.6 is 23.8 Å². The van der Waals surface area contributed by atoms with Gasteiger partial charge in [-0.3, -0.25) is 15.6 Å². The summed E-state index contributed by atoms with van der Waals surface area (Å²) in [6, 6.07) is 8.17. The van der Waals surface area contributed by atoms with Crippen molar-refractivity contribution in [2.24, 2.45) is 0 Å². The lowest BCUT2D eigenvalue weighted by atomic mass is 10.0. The first-order chi connectivity index (χ1) is 15.6. The fourth-order valence-electron chi connectivity index (χ4n) is 3.01. The molecule has 0 spiro atoms. The van der Waals surface area contributed by atoms with Gasteiger partial charge in [0.15, 0.2) is 5.11 Å². The van der Waals surface area contributed by atoms with Crippen molar-refractivity contribution in [2.75, 3.05) is 6.54 Å². The summed E-state index contributed by atoms with van der Waals surface area (Å²) in [5.74, 6) is -1.22. The summed E-state index contributed by atoms with van der Waals surface area (Å²) in [5, 5.41) is 2.68. The summed E-state index contributed by atoms with van der Waals surface area (Å²) >= 11 is 11.2. The molecule has 0 fully saturated rings. The van der Waals surface area contributed by atoms with E-state index in [1.165, 1.54) is 30.3 Å². The molecule has 0 aliphatic rings. The number of nitrogens with zero attached hydrogens (tertiary/aromatic N) is 1. The van der Waals surface area contributed by atoms with Gasteiger partial charge in [-0.1, -0.05) is 24.9 Å². The zero-order chi connectivity index (χ0) is 24.2. The van der Waals surface area contributed by atoms with Gasteiger partial charge in [0.25, 0.3) is 5.91 Å². The second-order valence-electron chi connectivity index (χ2n) is 7.10. The number of fused-ring (bicyclic) bond motifs is 1. The maximum absolute atomic E-state index is 13.4. The molecule has 11 heteroatoms. The number of benzene rings is 2. The molecule has 0 saturated carbocycles. The molecule has 0 radical (unpaired) electrons. The minimum absolute atomic E-state index is 0.000268.